The molecule has 8 nitrogen and oxygen atoms in total. The van der Waals surface area contributed by atoms with Gasteiger partial charge >= 0.3 is 5.97 Å². The fraction of sp³-hybridized carbons (Fsp3) is 0.300. The van der Waals surface area contributed by atoms with E-state index in [0.29, 0.717) is 22.4 Å². The molecule has 1 aliphatic heterocycles. The Labute approximate surface area is 161 Å². The van der Waals surface area contributed by atoms with Gasteiger partial charge in [0.25, 0.3) is 11.6 Å². The number of carboxylic acid groups (broad SMARTS) is 1. The minimum absolute atomic E-state index is 0.0924. The van der Waals surface area contributed by atoms with Crippen molar-refractivity contribution in [3.63, 3.8) is 0 Å². The van der Waals surface area contributed by atoms with Gasteiger partial charge in [-0.2, -0.15) is 0 Å². The van der Waals surface area contributed by atoms with Gasteiger partial charge < -0.3 is 14.7 Å². The molecule has 2 aromatic carbocycles. The number of carboxylic acids is 1. The summed E-state index contributed by atoms with van der Waals surface area (Å²) in [7, 11) is 1.42. The van der Waals surface area contributed by atoms with Crippen LogP contribution in [0.5, 0.6) is 5.75 Å². The molecule has 0 saturated heterocycles. The van der Waals surface area contributed by atoms with E-state index in [9.17, 15) is 24.8 Å². The molecule has 1 unspecified atom stereocenters. The largest absolute Gasteiger partial charge is 0.496 e. The van der Waals surface area contributed by atoms with E-state index in [1.54, 1.807) is 38.1 Å². The van der Waals surface area contributed by atoms with Crippen molar-refractivity contribution >= 4 is 17.6 Å². The lowest BCUT2D eigenvalue weighted by atomic mass is 9.99. The van der Waals surface area contributed by atoms with Crippen molar-refractivity contribution in [2.45, 2.75) is 26.4 Å². The van der Waals surface area contributed by atoms with Crippen LogP contribution in [0.15, 0.2) is 36.4 Å². The van der Waals surface area contributed by atoms with Crippen LogP contribution in [0.1, 0.15) is 29.8 Å². The molecule has 146 valence electrons. The Bertz CT molecular complexity index is 969. The summed E-state index contributed by atoms with van der Waals surface area (Å²) in [6.07, 6.45) is 0. The lowest BCUT2D eigenvalue weighted by Crippen LogP contribution is -2.44. The highest BCUT2D eigenvalue weighted by atomic mass is 16.6. The lowest BCUT2D eigenvalue weighted by Gasteiger charge is -2.27. The molecule has 1 N–H and O–H groups in total. The molecule has 2 aromatic rings. The van der Waals surface area contributed by atoms with Crippen LogP contribution >= 0.6 is 0 Å². The van der Waals surface area contributed by atoms with Crippen molar-refractivity contribution in [2.75, 3.05) is 7.11 Å². The topological polar surface area (TPSA) is 110 Å². The molecule has 1 aliphatic rings. The Hall–Kier alpha value is -3.42. The third kappa shape index (κ3) is 3.28. The van der Waals surface area contributed by atoms with E-state index in [4.69, 9.17) is 4.74 Å². The summed E-state index contributed by atoms with van der Waals surface area (Å²) in [5.41, 5.74) is 2.37. The van der Waals surface area contributed by atoms with Crippen molar-refractivity contribution in [1.82, 2.24) is 4.90 Å². The highest BCUT2D eigenvalue weighted by molar-refractivity contribution is 6.01. The SMILES string of the molecule is COc1cc([N+](=O)[O-])ccc1-c1ccc2c(c1)C(=O)N(C(C(=O)O)C(C)C)C2. The van der Waals surface area contributed by atoms with Crippen molar-refractivity contribution in [3.05, 3.63) is 57.6 Å². The van der Waals surface area contributed by atoms with Crippen LogP contribution in [-0.2, 0) is 11.3 Å². The first-order chi connectivity index (χ1) is 13.2. The van der Waals surface area contributed by atoms with E-state index in [-0.39, 0.29) is 24.1 Å². The molecule has 0 aromatic heterocycles. The second-order valence-corrected chi connectivity index (χ2v) is 6.97. The molecule has 0 bridgehead atoms. The van der Waals surface area contributed by atoms with Crippen molar-refractivity contribution in [2.24, 2.45) is 5.92 Å². The zero-order chi connectivity index (χ0) is 20.6. The van der Waals surface area contributed by atoms with E-state index in [2.05, 4.69) is 0 Å². The van der Waals surface area contributed by atoms with Gasteiger partial charge in [0.2, 0.25) is 0 Å². The highest BCUT2D eigenvalue weighted by Crippen LogP contribution is 2.36. The summed E-state index contributed by atoms with van der Waals surface area (Å²) in [6, 6.07) is 8.63. The number of benzene rings is 2. The molecule has 1 amide bonds. The summed E-state index contributed by atoms with van der Waals surface area (Å²) in [6.45, 7) is 3.77. The second kappa shape index (κ2) is 7.30. The van der Waals surface area contributed by atoms with Gasteiger partial charge in [0.1, 0.15) is 11.8 Å². The molecule has 0 fully saturated rings. The number of non-ortho nitro benzene ring substituents is 1. The van der Waals surface area contributed by atoms with Gasteiger partial charge in [-0.05, 0) is 29.2 Å². The second-order valence-electron chi connectivity index (χ2n) is 6.97. The van der Waals surface area contributed by atoms with Crippen LogP contribution in [-0.4, -0.2) is 40.0 Å². The average molecular weight is 384 g/mol. The summed E-state index contributed by atoms with van der Waals surface area (Å²) < 4.78 is 5.28. The Kier molecular flexibility index (Phi) is 5.04. The molecule has 28 heavy (non-hydrogen) atoms. The fourth-order valence-corrected chi connectivity index (χ4v) is 3.53. The first-order valence-electron chi connectivity index (χ1n) is 8.74. The van der Waals surface area contributed by atoms with Gasteiger partial charge in [-0.15, -0.1) is 0 Å². The number of fused-ring (bicyclic) bond motifs is 1. The number of hydrogen-bond acceptors (Lipinski definition) is 5. The Morgan fingerprint density at radius 2 is 1.93 bits per heavy atom. The van der Waals surface area contributed by atoms with Crippen LogP contribution in [0, 0.1) is 16.0 Å². The summed E-state index contributed by atoms with van der Waals surface area (Å²) in [5.74, 6) is -1.28. The number of methoxy groups -OCH3 is 1. The number of nitrogens with zero attached hydrogens (tertiary/aromatic N) is 2. The zero-order valence-corrected chi connectivity index (χ0v) is 15.7. The van der Waals surface area contributed by atoms with E-state index in [0.717, 1.165) is 5.56 Å². The molecule has 3 rings (SSSR count). The molecule has 0 radical (unpaired) electrons. The minimum atomic E-state index is -1.03. The van der Waals surface area contributed by atoms with Crippen molar-refractivity contribution in [3.8, 4) is 16.9 Å². The van der Waals surface area contributed by atoms with Crippen LogP contribution in [0.25, 0.3) is 11.1 Å². The van der Waals surface area contributed by atoms with E-state index in [1.165, 1.54) is 24.1 Å². The fourth-order valence-electron chi connectivity index (χ4n) is 3.53. The number of nitro benzene ring substituents is 1. The third-order valence-electron chi connectivity index (χ3n) is 4.87. The van der Waals surface area contributed by atoms with Gasteiger partial charge in [0, 0.05) is 23.7 Å². The van der Waals surface area contributed by atoms with Crippen LogP contribution in [0.4, 0.5) is 5.69 Å². The monoisotopic (exact) mass is 384 g/mol. The molecular weight excluding hydrogens is 364 g/mol. The summed E-state index contributed by atoms with van der Waals surface area (Å²) in [4.78, 5) is 36.3. The predicted molar refractivity (Wildman–Crippen MR) is 101 cm³/mol. The van der Waals surface area contributed by atoms with E-state index in [1.807, 2.05) is 0 Å². The predicted octanol–water partition coefficient (Wildman–Crippen LogP) is 3.34. The molecule has 8 heteroatoms. The Balaban J connectivity index is 2.00. The highest BCUT2D eigenvalue weighted by Gasteiger charge is 2.38. The van der Waals surface area contributed by atoms with Crippen LogP contribution < -0.4 is 4.74 Å². The first-order valence-corrected chi connectivity index (χ1v) is 8.74. The number of ether oxygens (including phenoxy) is 1. The van der Waals surface area contributed by atoms with Crippen molar-refractivity contribution < 1.29 is 24.4 Å². The number of nitro groups is 1. The smallest absolute Gasteiger partial charge is 0.326 e. The molecule has 0 saturated carbocycles. The van der Waals surface area contributed by atoms with Gasteiger partial charge in [0.15, 0.2) is 0 Å². The van der Waals surface area contributed by atoms with Gasteiger partial charge in [-0.1, -0.05) is 26.0 Å². The number of carbonyl (C=O) groups excluding carboxylic acids is 1. The normalized spacial score (nSPS) is 14.1. The standard InChI is InChI=1S/C20H20N2O6/c1-11(2)18(20(24)25)21-10-13-5-4-12(8-16(13)19(21)23)15-7-6-14(22(26)27)9-17(15)28-3/h4-9,11,18H,10H2,1-3H3,(H,24,25). The maximum Gasteiger partial charge on any atom is 0.326 e. The number of amides is 1. The Morgan fingerprint density at radius 3 is 2.50 bits per heavy atom. The molecule has 0 spiro atoms. The third-order valence-corrected chi connectivity index (χ3v) is 4.87. The minimum Gasteiger partial charge on any atom is -0.496 e. The maximum atomic E-state index is 12.9. The molecule has 0 aliphatic carbocycles. The molecule has 1 atom stereocenters. The quantitative estimate of drug-likeness (QED) is 0.604. The molecule has 1 heterocycles. The van der Waals surface area contributed by atoms with E-state index >= 15 is 0 Å². The Morgan fingerprint density at radius 1 is 1.21 bits per heavy atom. The van der Waals surface area contributed by atoms with Gasteiger partial charge in [0.05, 0.1) is 18.1 Å². The summed E-state index contributed by atoms with van der Waals surface area (Å²) >= 11 is 0. The number of carbonyl (C=O) groups is 2. The number of rotatable bonds is 6. The lowest BCUT2D eigenvalue weighted by molar-refractivity contribution is -0.384. The number of hydrogen-bond donors (Lipinski definition) is 1. The summed E-state index contributed by atoms with van der Waals surface area (Å²) in [5, 5.41) is 20.5. The molecular formula is C20H20N2O6. The first kappa shape index (κ1) is 19.3. The van der Waals surface area contributed by atoms with Crippen molar-refractivity contribution in [1.29, 1.82) is 0 Å². The van der Waals surface area contributed by atoms with E-state index < -0.39 is 16.9 Å². The number of aliphatic carboxylic acids is 1. The average Bonchev–Trinajstić information content (AvgIpc) is 2.96. The zero-order valence-electron chi connectivity index (χ0n) is 15.7. The van der Waals surface area contributed by atoms with Crippen LogP contribution in [0.3, 0.4) is 0 Å². The van der Waals surface area contributed by atoms with Crippen LogP contribution in [0.2, 0.25) is 0 Å². The maximum absolute atomic E-state index is 12.9. The van der Waals surface area contributed by atoms with Gasteiger partial charge in [-0.3, -0.25) is 14.9 Å². The van der Waals surface area contributed by atoms with Gasteiger partial charge in [-0.25, -0.2) is 4.79 Å².